The molecule has 0 aliphatic heterocycles. The Hall–Kier alpha value is -2.54. The van der Waals surface area contributed by atoms with Crippen molar-refractivity contribution in [2.75, 3.05) is 5.32 Å². The van der Waals surface area contributed by atoms with Crippen LogP contribution in [0.5, 0.6) is 0 Å². The fraction of sp³-hybridized carbons (Fsp3) is 0.100. The second-order valence-corrected chi connectivity index (χ2v) is 5.25. The minimum Gasteiger partial charge on any atom is -0.356 e. The smallest absolute Gasteiger partial charge is 0.0384 e. The van der Waals surface area contributed by atoms with Gasteiger partial charge in [-0.3, -0.25) is 0 Å². The van der Waals surface area contributed by atoms with E-state index in [0.29, 0.717) is 5.92 Å². The lowest BCUT2D eigenvalue weighted by molar-refractivity contribution is 0.923. The molecule has 0 heterocycles. The first-order valence-electron chi connectivity index (χ1n) is 7.30. The molecule has 21 heavy (non-hydrogen) atoms. The molecule has 1 nitrogen and oxygen atoms in total. The third-order valence-electron chi connectivity index (χ3n) is 3.77. The first-order chi connectivity index (χ1) is 10.3. The number of hydrogen-bond donors (Lipinski definition) is 1. The van der Waals surface area contributed by atoms with Crippen molar-refractivity contribution >= 4 is 11.4 Å². The number of benzene rings is 3. The van der Waals surface area contributed by atoms with Crippen molar-refractivity contribution in [2.45, 2.75) is 12.8 Å². The number of rotatable bonds is 4. The summed E-state index contributed by atoms with van der Waals surface area (Å²) in [5.41, 5.74) is 4.91. The third-order valence-corrected chi connectivity index (χ3v) is 3.77. The Kier molecular flexibility index (Phi) is 4.02. The SMILES string of the molecule is C[C@@H](c1ccccc1)c1ccc(Nc2ccccc2)cc1. The number of anilines is 2. The van der Waals surface area contributed by atoms with E-state index in [2.05, 4.69) is 79.0 Å². The van der Waals surface area contributed by atoms with Crippen molar-refractivity contribution in [3.8, 4) is 0 Å². The molecule has 0 radical (unpaired) electrons. The molecule has 104 valence electrons. The predicted octanol–water partition coefficient (Wildman–Crippen LogP) is 5.58. The summed E-state index contributed by atoms with van der Waals surface area (Å²) in [6, 6.07) is 29.5. The Morgan fingerprint density at radius 3 is 1.67 bits per heavy atom. The number of nitrogens with one attached hydrogen (secondary N) is 1. The van der Waals surface area contributed by atoms with Gasteiger partial charge in [0.05, 0.1) is 0 Å². The van der Waals surface area contributed by atoms with Gasteiger partial charge < -0.3 is 5.32 Å². The summed E-state index contributed by atoms with van der Waals surface area (Å²) in [7, 11) is 0. The topological polar surface area (TPSA) is 12.0 Å². The van der Waals surface area contributed by atoms with E-state index < -0.39 is 0 Å². The molecular weight excluding hydrogens is 254 g/mol. The van der Waals surface area contributed by atoms with E-state index >= 15 is 0 Å². The zero-order valence-electron chi connectivity index (χ0n) is 12.2. The predicted molar refractivity (Wildman–Crippen MR) is 90.1 cm³/mol. The molecule has 0 spiro atoms. The van der Waals surface area contributed by atoms with Crippen LogP contribution in [-0.2, 0) is 0 Å². The molecule has 0 fully saturated rings. The fourth-order valence-electron chi connectivity index (χ4n) is 2.48. The average Bonchev–Trinajstić information content (AvgIpc) is 2.57. The maximum atomic E-state index is 3.41. The van der Waals surface area contributed by atoms with Gasteiger partial charge in [-0.25, -0.2) is 0 Å². The second-order valence-electron chi connectivity index (χ2n) is 5.25. The van der Waals surface area contributed by atoms with Crippen LogP contribution >= 0.6 is 0 Å². The van der Waals surface area contributed by atoms with Crippen LogP contribution in [0.4, 0.5) is 11.4 Å². The first-order valence-corrected chi connectivity index (χ1v) is 7.30. The van der Waals surface area contributed by atoms with Gasteiger partial charge in [-0.2, -0.15) is 0 Å². The van der Waals surface area contributed by atoms with Crippen molar-refractivity contribution in [1.29, 1.82) is 0 Å². The Morgan fingerprint density at radius 1 is 0.571 bits per heavy atom. The van der Waals surface area contributed by atoms with Crippen LogP contribution in [0.15, 0.2) is 84.9 Å². The monoisotopic (exact) mass is 273 g/mol. The molecular formula is C20H19N. The van der Waals surface area contributed by atoms with Gasteiger partial charge in [-0.1, -0.05) is 67.6 Å². The van der Waals surface area contributed by atoms with Crippen LogP contribution in [-0.4, -0.2) is 0 Å². The molecule has 1 atom stereocenters. The largest absolute Gasteiger partial charge is 0.356 e. The van der Waals surface area contributed by atoms with Gasteiger partial charge >= 0.3 is 0 Å². The van der Waals surface area contributed by atoms with E-state index in [1.807, 2.05) is 18.2 Å². The highest BCUT2D eigenvalue weighted by Gasteiger charge is 2.07. The van der Waals surface area contributed by atoms with Crippen LogP contribution in [0.1, 0.15) is 24.0 Å². The van der Waals surface area contributed by atoms with Gasteiger partial charge in [0.15, 0.2) is 0 Å². The van der Waals surface area contributed by atoms with Gasteiger partial charge in [0.2, 0.25) is 0 Å². The summed E-state index contributed by atoms with van der Waals surface area (Å²) in [6.45, 7) is 2.25. The van der Waals surface area contributed by atoms with Crippen molar-refractivity contribution in [1.82, 2.24) is 0 Å². The van der Waals surface area contributed by atoms with Gasteiger partial charge in [-0.05, 0) is 35.4 Å². The molecule has 1 heteroatoms. The van der Waals surface area contributed by atoms with Crippen molar-refractivity contribution in [3.63, 3.8) is 0 Å². The highest BCUT2D eigenvalue weighted by Crippen LogP contribution is 2.25. The van der Waals surface area contributed by atoms with Gasteiger partial charge in [0.1, 0.15) is 0 Å². The fourth-order valence-corrected chi connectivity index (χ4v) is 2.48. The normalized spacial score (nSPS) is 11.9. The summed E-state index contributed by atoms with van der Waals surface area (Å²) in [5.74, 6) is 0.414. The molecule has 3 aromatic rings. The zero-order chi connectivity index (χ0) is 14.5. The van der Waals surface area contributed by atoms with Crippen LogP contribution in [0.2, 0.25) is 0 Å². The molecule has 0 aliphatic carbocycles. The van der Waals surface area contributed by atoms with Crippen molar-refractivity contribution in [2.24, 2.45) is 0 Å². The lowest BCUT2D eigenvalue weighted by atomic mass is 9.93. The summed E-state index contributed by atoms with van der Waals surface area (Å²) in [6.07, 6.45) is 0. The van der Waals surface area contributed by atoms with E-state index in [1.54, 1.807) is 0 Å². The molecule has 1 N–H and O–H groups in total. The lowest BCUT2D eigenvalue weighted by Gasteiger charge is -2.13. The highest BCUT2D eigenvalue weighted by atomic mass is 14.9. The minimum absolute atomic E-state index is 0.414. The molecule has 0 bridgehead atoms. The average molecular weight is 273 g/mol. The third kappa shape index (κ3) is 3.32. The van der Waals surface area contributed by atoms with E-state index in [4.69, 9.17) is 0 Å². The van der Waals surface area contributed by atoms with Gasteiger partial charge in [0, 0.05) is 17.3 Å². The Morgan fingerprint density at radius 2 is 1.05 bits per heavy atom. The Labute approximate surface area is 126 Å². The van der Waals surface area contributed by atoms with E-state index in [9.17, 15) is 0 Å². The Balaban J connectivity index is 1.75. The van der Waals surface area contributed by atoms with Crippen LogP contribution in [0, 0.1) is 0 Å². The summed E-state index contributed by atoms with van der Waals surface area (Å²) >= 11 is 0. The maximum absolute atomic E-state index is 3.41. The second kappa shape index (κ2) is 6.27. The Bertz CT molecular complexity index is 672. The number of hydrogen-bond acceptors (Lipinski definition) is 1. The van der Waals surface area contributed by atoms with E-state index in [0.717, 1.165) is 11.4 Å². The standard InChI is InChI=1S/C20H19N/c1-16(17-8-4-2-5-9-17)18-12-14-20(15-13-18)21-19-10-6-3-7-11-19/h2-16,21H,1H3/t16-/m0/s1. The summed E-state index contributed by atoms with van der Waals surface area (Å²) in [4.78, 5) is 0. The van der Waals surface area contributed by atoms with Gasteiger partial charge in [0.25, 0.3) is 0 Å². The van der Waals surface area contributed by atoms with Crippen molar-refractivity contribution in [3.05, 3.63) is 96.1 Å². The van der Waals surface area contributed by atoms with Crippen LogP contribution in [0.25, 0.3) is 0 Å². The molecule has 0 saturated heterocycles. The first kappa shape index (κ1) is 13.4. The lowest BCUT2D eigenvalue weighted by Crippen LogP contribution is -1.96. The zero-order valence-corrected chi connectivity index (χ0v) is 12.2. The molecule has 0 unspecified atom stereocenters. The summed E-state index contributed by atoms with van der Waals surface area (Å²) in [5, 5.41) is 3.41. The highest BCUT2D eigenvalue weighted by molar-refractivity contribution is 5.59. The van der Waals surface area contributed by atoms with E-state index in [1.165, 1.54) is 11.1 Å². The van der Waals surface area contributed by atoms with Crippen LogP contribution < -0.4 is 5.32 Å². The van der Waals surface area contributed by atoms with Gasteiger partial charge in [-0.15, -0.1) is 0 Å². The molecule has 3 aromatic carbocycles. The van der Waals surface area contributed by atoms with Crippen molar-refractivity contribution < 1.29 is 0 Å². The van der Waals surface area contributed by atoms with E-state index in [-0.39, 0.29) is 0 Å². The maximum Gasteiger partial charge on any atom is 0.0384 e. The number of para-hydroxylation sites is 1. The minimum atomic E-state index is 0.414. The van der Waals surface area contributed by atoms with Crippen LogP contribution in [0.3, 0.4) is 0 Å². The summed E-state index contributed by atoms with van der Waals surface area (Å²) < 4.78 is 0. The molecule has 0 saturated carbocycles. The molecule has 0 aromatic heterocycles. The molecule has 0 aliphatic rings. The molecule has 3 rings (SSSR count). The molecule has 0 amide bonds. The quantitative estimate of drug-likeness (QED) is 0.654.